The van der Waals surface area contributed by atoms with Crippen molar-refractivity contribution in [2.45, 2.75) is 45.6 Å². The van der Waals surface area contributed by atoms with Crippen LogP contribution in [0.2, 0.25) is 0 Å². The molecule has 3 aromatic rings. The second kappa shape index (κ2) is 9.17. The van der Waals surface area contributed by atoms with Crippen molar-refractivity contribution in [3.63, 3.8) is 0 Å². The van der Waals surface area contributed by atoms with E-state index in [1.807, 2.05) is 61.1 Å². The van der Waals surface area contributed by atoms with Gasteiger partial charge in [0.15, 0.2) is 0 Å². The third-order valence-corrected chi connectivity index (χ3v) is 4.85. The average Bonchev–Trinajstić information content (AvgIpc) is 3.08. The van der Waals surface area contributed by atoms with E-state index in [1.165, 1.54) is 5.56 Å². The van der Waals surface area contributed by atoms with Gasteiger partial charge in [-0.15, -0.1) is 0 Å². The molecule has 0 fully saturated rings. The van der Waals surface area contributed by atoms with Crippen molar-refractivity contribution in [3.05, 3.63) is 83.7 Å². The molecule has 0 aliphatic rings. The molecule has 27 heavy (non-hydrogen) atoms. The van der Waals surface area contributed by atoms with Crippen molar-refractivity contribution in [3.8, 4) is 5.69 Å². The van der Waals surface area contributed by atoms with Crippen molar-refractivity contribution in [2.75, 3.05) is 0 Å². The van der Waals surface area contributed by atoms with Gasteiger partial charge >= 0.3 is 0 Å². The summed E-state index contributed by atoms with van der Waals surface area (Å²) in [5, 5.41) is 7.60. The van der Waals surface area contributed by atoms with Gasteiger partial charge in [0.2, 0.25) is 5.91 Å². The second-order valence-electron chi connectivity index (χ2n) is 6.91. The van der Waals surface area contributed by atoms with E-state index in [0.29, 0.717) is 6.42 Å². The van der Waals surface area contributed by atoms with Gasteiger partial charge in [0.25, 0.3) is 0 Å². The van der Waals surface area contributed by atoms with E-state index < -0.39 is 0 Å². The van der Waals surface area contributed by atoms with Gasteiger partial charge in [-0.1, -0.05) is 48.5 Å². The Morgan fingerprint density at radius 2 is 1.70 bits per heavy atom. The smallest absolute Gasteiger partial charge is 0.220 e. The van der Waals surface area contributed by atoms with E-state index >= 15 is 0 Å². The van der Waals surface area contributed by atoms with Crippen molar-refractivity contribution in [1.82, 2.24) is 15.1 Å². The average molecular weight is 361 g/mol. The molecule has 0 aliphatic carbocycles. The summed E-state index contributed by atoms with van der Waals surface area (Å²) in [6.07, 6.45) is 5.35. The van der Waals surface area contributed by atoms with Crippen molar-refractivity contribution in [2.24, 2.45) is 0 Å². The third-order valence-electron chi connectivity index (χ3n) is 4.85. The fourth-order valence-corrected chi connectivity index (χ4v) is 3.33. The largest absolute Gasteiger partial charge is 0.349 e. The normalized spacial score (nSPS) is 11.9. The molecule has 3 rings (SSSR count). The maximum atomic E-state index is 12.3. The van der Waals surface area contributed by atoms with Gasteiger partial charge in [-0.05, 0) is 50.8 Å². The van der Waals surface area contributed by atoms with Crippen LogP contribution in [0.5, 0.6) is 0 Å². The van der Waals surface area contributed by atoms with Crippen molar-refractivity contribution < 1.29 is 4.79 Å². The molecule has 4 nitrogen and oxygen atoms in total. The number of hydrogen-bond acceptors (Lipinski definition) is 2. The van der Waals surface area contributed by atoms with Gasteiger partial charge in [0, 0.05) is 17.7 Å². The number of carbonyl (C=O) groups is 1. The van der Waals surface area contributed by atoms with E-state index in [2.05, 4.69) is 34.7 Å². The maximum absolute atomic E-state index is 12.3. The molecule has 0 radical (unpaired) electrons. The Morgan fingerprint density at radius 1 is 1.04 bits per heavy atom. The van der Waals surface area contributed by atoms with Gasteiger partial charge in [0.05, 0.1) is 17.9 Å². The minimum absolute atomic E-state index is 0.0518. The highest BCUT2D eigenvalue weighted by molar-refractivity contribution is 5.76. The first-order valence-corrected chi connectivity index (χ1v) is 9.58. The van der Waals surface area contributed by atoms with Crippen LogP contribution in [0.3, 0.4) is 0 Å². The summed E-state index contributed by atoms with van der Waals surface area (Å²) >= 11 is 0. The molecule has 0 saturated carbocycles. The van der Waals surface area contributed by atoms with Crippen LogP contribution in [-0.4, -0.2) is 15.7 Å². The Morgan fingerprint density at radius 3 is 2.41 bits per heavy atom. The lowest BCUT2D eigenvalue weighted by Gasteiger charge is -2.14. The van der Waals surface area contributed by atoms with E-state index in [9.17, 15) is 4.79 Å². The molecular weight excluding hydrogens is 334 g/mol. The summed E-state index contributed by atoms with van der Waals surface area (Å²) < 4.78 is 1.91. The van der Waals surface area contributed by atoms with E-state index in [0.717, 1.165) is 36.2 Å². The highest BCUT2D eigenvalue weighted by Gasteiger charge is 2.16. The van der Waals surface area contributed by atoms with Crippen molar-refractivity contribution >= 4 is 5.91 Å². The first-order valence-electron chi connectivity index (χ1n) is 9.58. The van der Waals surface area contributed by atoms with Gasteiger partial charge in [-0.25, -0.2) is 4.68 Å². The monoisotopic (exact) mass is 361 g/mol. The molecule has 0 unspecified atom stereocenters. The SMILES string of the molecule is Cc1c([C@@H](C)NC(=O)CCCCc2ccccc2)cnn1-c1ccccc1. The van der Waals surface area contributed by atoms with Gasteiger partial charge < -0.3 is 5.32 Å². The molecule has 0 aliphatic heterocycles. The number of nitrogens with zero attached hydrogens (tertiary/aromatic N) is 2. The minimum Gasteiger partial charge on any atom is -0.349 e. The first-order chi connectivity index (χ1) is 13.1. The number of aromatic nitrogens is 2. The lowest BCUT2D eigenvalue weighted by molar-refractivity contribution is -0.121. The molecule has 0 bridgehead atoms. The van der Waals surface area contributed by atoms with E-state index in [4.69, 9.17) is 0 Å². The number of carbonyl (C=O) groups excluding carboxylic acids is 1. The van der Waals surface area contributed by atoms with Crippen LogP contribution in [0, 0.1) is 6.92 Å². The van der Waals surface area contributed by atoms with Crippen LogP contribution < -0.4 is 5.32 Å². The number of benzene rings is 2. The molecule has 0 saturated heterocycles. The first kappa shape index (κ1) is 18.9. The third kappa shape index (κ3) is 5.07. The topological polar surface area (TPSA) is 46.9 Å². The Bertz CT molecular complexity index is 856. The van der Waals surface area contributed by atoms with Gasteiger partial charge in [-0.2, -0.15) is 5.10 Å². The molecule has 2 aromatic carbocycles. The molecule has 1 atom stereocenters. The molecule has 1 amide bonds. The molecule has 4 heteroatoms. The number of nitrogens with one attached hydrogen (secondary N) is 1. The summed E-state index contributed by atoms with van der Waals surface area (Å²) in [4.78, 5) is 12.3. The van der Waals surface area contributed by atoms with Crippen LogP contribution in [0.15, 0.2) is 66.9 Å². The predicted octanol–water partition coefficient (Wildman–Crippen LogP) is 4.77. The molecule has 140 valence electrons. The summed E-state index contributed by atoms with van der Waals surface area (Å²) in [6, 6.07) is 20.4. The van der Waals surface area contributed by atoms with Crippen molar-refractivity contribution in [1.29, 1.82) is 0 Å². The fourth-order valence-electron chi connectivity index (χ4n) is 3.33. The quantitative estimate of drug-likeness (QED) is 0.587. The highest BCUT2D eigenvalue weighted by atomic mass is 16.1. The molecule has 0 spiro atoms. The summed E-state index contributed by atoms with van der Waals surface area (Å²) in [6.45, 7) is 4.05. The van der Waals surface area contributed by atoms with E-state index in [-0.39, 0.29) is 11.9 Å². The van der Waals surface area contributed by atoms with Crippen LogP contribution in [-0.2, 0) is 11.2 Å². The van der Waals surface area contributed by atoms with Gasteiger partial charge in [-0.3, -0.25) is 4.79 Å². The predicted molar refractivity (Wildman–Crippen MR) is 109 cm³/mol. The maximum Gasteiger partial charge on any atom is 0.220 e. The zero-order valence-corrected chi connectivity index (χ0v) is 16.1. The van der Waals surface area contributed by atoms with Crippen LogP contribution in [0.4, 0.5) is 0 Å². The number of aryl methyl sites for hydroxylation is 1. The van der Waals surface area contributed by atoms with E-state index in [1.54, 1.807) is 0 Å². The molecule has 1 N–H and O–H groups in total. The lowest BCUT2D eigenvalue weighted by Crippen LogP contribution is -2.26. The van der Waals surface area contributed by atoms with Crippen LogP contribution in [0.25, 0.3) is 5.69 Å². The zero-order valence-electron chi connectivity index (χ0n) is 16.1. The number of rotatable bonds is 8. The summed E-state index contributed by atoms with van der Waals surface area (Å²) in [5.41, 5.74) is 4.46. The molecule has 1 heterocycles. The van der Waals surface area contributed by atoms with Gasteiger partial charge in [0.1, 0.15) is 0 Å². The molecule has 1 aromatic heterocycles. The Hall–Kier alpha value is -2.88. The standard InChI is InChI=1S/C23H27N3O/c1-18(22-17-24-26(19(22)2)21-14-7-4-8-15-21)25-23(27)16-10-9-13-20-11-5-3-6-12-20/h3-8,11-12,14-15,17-18H,9-10,13,16H2,1-2H3,(H,25,27)/t18-/m1/s1. The second-order valence-corrected chi connectivity index (χ2v) is 6.91. The Balaban J connectivity index is 1.49. The summed E-state index contributed by atoms with van der Waals surface area (Å²) in [5.74, 6) is 0.0995. The molecular formula is C23H27N3O. The fraction of sp³-hybridized carbons (Fsp3) is 0.304. The number of unbranched alkanes of at least 4 members (excludes halogenated alkanes) is 1. The Kier molecular flexibility index (Phi) is 6.42. The number of para-hydroxylation sites is 1. The Labute approximate surface area is 161 Å². The minimum atomic E-state index is -0.0518. The summed E-state index contributed by atoms with van der Waals surface area (Å²) in [7, 11) is 0. The highest BCUT2D eigenvalue weighted by Crippen LogP contribution is 2.20. The van der Waals surface area contributed by atoms with Crippen LogP contribution >= 0.6 is 0 Å². The lowest BCUT2D eigenvalue weighted by atomic mass is 10.1. The number of amides is 1. The number of hydrogen-bond donors (Lipinski definition) is 1. The zero-order chi connectivity index (χ0) is 19.1. The van der Waals surface area contributed by atoms with Crippen LogP contribution in [0.1, 0.15) is 49.0 Å².